The van der Waals surface area contributed by atoms with Crippen LogP contribution in [0, 0.1) is 5.92 Å². The number of halogens is 6. The molecule has 0 amide bonds. The van der Waals surface area contributed by atoms with Crippen molar-refractivity contribution in [1.82, 2.24) is 9.97 Å². The third kappa shape index (κ3) is 6.12. The fraction of sp³-hybridized carbons (Fsp3) is 0.231. The first kappa shape index (κ1) is 34.0. The number of allylic oxidation sites excluding steroid dienone is 4. The summed E-state index contributed by atoms with van der Waals surface area (Å²) in [6, 6.07) is 15.3. The van der Waals surface area contributed by atoms with Gasteiger partial charge in [0.1, 0.15) is 0 Å². The molecular formula is C39H26F6N2O4. The van der Waals surface area contributed by atoms with E-state index in [0.29, 0.717) is 24.4 Å². The average molecular weight is 701 g/mol. The number of Topliss-reactive ketones (excluding diaryl/α,β-unsaturated/α-hetero) is 4. The Morgan fingerprint density at radius 2 is 1.10 bits per heavy atom. The smallest absolute Gasteiger partial charge is 0.289 e. The van der Waals surface area contributed by atoms with Gasteiger partial charge in [-0.05, 0) is 60.6 Å². The number of benzene rings is 2. The van der Waals surface area contributed by atoms with Crippen molar-refractivity contribution in [3.63, 3.8) is 0 Å². The third-order valence-electron chi connectivity index (χ3n) is 9.67. The van der Waals surface area contributed by atoms with E-state index < -0.39 is 41.0 Å². The van der Waals surface area contributed by atoms with Gasteiger partial charge in [-0.15, -0.1) is 0 Å². The zero-order valence-corrected chi connectivity index (χ0v) is 26.8. The molecule has 0 spiro atoms. The molecule has 2 unspecified atom stereocenters. The van der Waals surface area contributed by atoms with Gasteiger partial charge in [0.05, 0.1) is 11.1 Å². The Kier molecular flexibility index (Phi) is 8.23. The van der Waals surface area contributed by atoms with Crippen molar-refractivity contribution in [1.29, 1.82) is 0 Å². The van der Waals surface area contributed by atoms with Gasteiger partial charge >= 0.3 is 12.4 Å². The minimum atomic E-state index is -4.59. The zero-order chi connectivity index (χ0) is 36.4. The lowest BCUT2D eigenvalue weighted by Gasteiger charge is -2.22. The molecule has 1 fully saturated rings. The number of carbonyl (C=O) groups is 4. The fourth-order valence-corrected chi connectivity index (χ4v) is 6.99. The van der Waals surface area contributed by atoms with Gasteiger partial charge in [-0.3, -0.25) is 29.1 Å². The summed E-state index contributed by atoms with van der Waals surface area (Å²) in [7, 11) is 0. The molecule has 258 valence electrons. The van der Waals surface area contributed by atoms with E-state index in [1.54, 1.807) is 37.3 Å². The van der Waals surface area contributed by atoms with Crippen molar-refractivity contribution >= 4 is 23.1 Å². The van der Waals surface area contributed by atoms with Crippen molar-refractivity contribution in [2.75, 3.05) is 0 Å². The van der Waals surface area contributed by atoms with Gasteiger partial charge < -0.3 is 0 Å². The van der Waals surface area contributed by atoms with Crippen molar-refractivity contribution in [2.24, 2.45) is 5.92 Å². The average Bonchev–Trinajstić information content (AvgIpc) is 3.89. The lowest BCUT2D eigenvalue weighted by Crippen LogP contribution is -2.25. The van der Waals surface area contributed by atoms with Crippen LogP contribution >= 0.6 is 0 Å². The molecule has 51 heavy (non-hydrogen) atoms. The van der Waals surface area contributed by atoms with E-state index in [0.717, 1.165) is 12.1 Å². The van der Waals surface area contributed by atoms with Gasteiger partial charge in [-0.25, -0.2) is 0 Å². The van der Waals surface area contributed by atoms with Crippen LogP contribution in [0.25, 0.3) is 0 Å². The molecule has 0 bridgehead atoms. The molecule has 1 saturated carbocycles. The zero-order valence-electron chi connectivity index (χ0n) is 26.8. The molecular weight excluding hydrogens is 674 g/mol. The van der Waals surface area contributed by atoms with E-state index in [9.17, 15) is 45.5 Å². The second-order valence-corrected chi connectivity index (χ2v) is 12.7. The molecule has 3 aliphatic carbocycles. The predicted octanol–water partition coefficient (Wildman–Crippen LogP) is 8.56. The summed E-state index contributed by atoms with van der Waals surface area (Å²) in [6.07, 6.45) is -7.43. The molecule has 0 radical (unpaired) electrons. The summed E-state index contributed by atoms with van der Waals surface area (Å²) in [6.45, 7) is 1.70. The van der Waals surface area contributed by atoms with E-state index in [4.69, 9.17) is 0 Å². The summed E-state index contributed by atoms with van der Waals surface area (Å²) >= 11 is 0. The van der Waals surface area contributed by atoms with Crippen LogP contribution in [0.5, 0.6) is 0 Å². The highest BCUT2D eigenvalue weighted by atomic mass is 19.4. The molecule has 0 N–H and O–H groups in total. The topological polar surface area (TPSA) is 94.1 Å². The lowest BCUT2D eigenvalue weighted by molar-refractivity contribution is -0.138. The Morgan fingerprint density at radius 3 is 1.63 bits per heavy atom. The Morgan fingerprint density at radius 1 is 0.588 bits per heavy atom. The van der Waals surface area contributed by atoms with E-state index in [2.05, 4.69) is 9.97 Å². The van der Waals surface area contributed by atoms with Crippen LogP contribution in [-0.4, -0.2) is 33.1 Å². The van der Waals surface area contributed by atoms with Crippen LogP contribution in [0.3, 0.4) is 0 Å². The number of carbonyl (C=O) groups excluding carboxylic acids is 4. The summed E-state index contributed by atoms with van der Waals surface area (Å²) < 4.78 is 78.6. The first-order valence-electron chi connectivity index (χ1n) is 16.1. The molecule has 6 nitrogen and oxygen atoms in total. The van der Waals surface area contributed by atoms with Crippen molar-refractivity contribution < 1.29 is 45.5 Å². The van der Waals surface area contributed by atoms with E-state index >= 15 is 0 Å². The van der Waals surface area contributed by atoms with Gasteiger partial charge in [-0.1, -0.05) is 43.3 Å². The lowest BCUT2D eigenvalue weighted by atomic mass is 9.79. The maximum absolute atomic E-state index is 13.9. The maximum atomic E-state index is 13.9. The molecule has 3 aliphatic rings. The maximum Gasteiger partial charge on any atom is 0.417 e. The minimum absolute atomic E-state index is 0.125. The number of alkyl halides is 6. The molecule has 2 atom stereocenters. The molecule has 2 heterocycles. The van der Waals surface area contributed by atoms with E-state index in [1.807, 2.05) is 0 Å². The number of nitrogens with zero attached hydrogens (tertiary/aromatic N) is 2. The van der Waals surface area contributed by atoms with Gasteiger partial charge in [0.15, 0.2) is 23.1 Å². The highest BCUT2D eigenvalue weighted by Crippen LogP contribution is 2.55. The first-order chi connectivity index (χ1) is 24.2. The van der Waals surface area contributed by atoms with Gasteiger partial charge in [0, 0.05) is 81.2 Å². The van der Waals surface area contributed by atoms with Crippen LogP contribution < -0.4 is 0 Å². The normalized spacial score (nSPS) is 19.0. The quantitative estimate of drug-likeness (QED) is 0.179. The second kappa shape index (κ2) is 12.4. The number of ketones is 4. The van der Waals surface area contributed by atoms with Crippen LogP contribution in [0.4, 0.5) is 26.3 Å². The molecule has 12 heteroatoms. The largest absolute Gasteiger partial charge is 0.417 e. The predicted molar refractivity (Wildman–Crippen MR) is 171 cm³/mol. The van der Waals surface area contributed by atoms with Crippen molar-refractivity contribution in [3.05, 3.63) is 152 Å². The number of hydrogen-bond acceptors (Lipinski definition) is 6. The number of pyridine rings is 2. The Balaban J connectivity index is 1.19. The Bertz CT molecular complexity index is 2210. The van der Waals surface area contributed by atoms with E-state index in [1.165, 1.54) is 24.3 Å². The number of fused-ring (bicyclic) bond motifs is 2. The van der Waals surface area contributed by atoms with Crippen molar-refractivity contribution in [2.45, 2.75) is 50.9 Å². The van der Waals surface area contributed by atoms with Crippen LogP contribution in [-0.2, 0) is 25.2 Å². The summed E-state index contributed by atoms with van der Waals surface area (Å²) in [5.41, 5.74) is 0.735. The van der Waals surface area contributed by atoms with Crippen LogP contribution in [0.1, 0.15) is 95.2 Å². The monoisotopic (exact) mass is 700 g/mol. The van der Waals surface area contributed by atoms with Crippen LogP contribution in [0.15, 0.2) is 101 Å². The summed E-state index contributed by atoms with van der Waals surface area (Å²) in [5.74, 6) is -2.32. The summed E-state index contributed by atoms with van der Waals surface area (Å²) in [5, 5.41) is 0. The molecule has 0 saturated heterocycles. The molecule has 7 rings (SSSR count). The standard InChI is InChI=1S/C39H26F6N2O4/c1-2-24-31(14-22-10-8-20(17-46-22)38(40,41)42)35(49)27-12-7-19(13-30(27)34(24)48)28-16-29(28)33-32(15-23-11-9-21(18-47-23)39(43,44)45)36(50)25-5-3-4-6-26(25)37(33)51/h3-13,17-18,28-29H,2,14-16H2,1H3. The van der Waals surface area contributed by atoms with Gasteiger partial charge in [0.25, 0.3) is 0 Å². The number of rotatable bonds is 7. The molecule has 2 aromatic heterocycles. The highest BCUT2D eigenvalue weighted by molar-refractivity contribution is 6.28. The van der Waals surface area contributed by atoms with Gasteiger partial charge in [0.2, 0.25) is 0 Å². The van der Waals surface area contributed by atoms with Crippen molar-refractivity contribution in [3.8, 4) is 0 Å². The molecule has 0 aliphatic heterocycles. The first-order valence-corrected chi connectivity index (χ1v) is 16.1. The fourth-order valence-electron chi connectivity index (χ4n) is 6.99. The number of aromatic nitrogens is 2. The molecule has 2 aromatic carbocycles. The number of hydrogen-bond donors (Lipinski definition) is 0. The SMILES string of the molecule is CCC1=C(Cc2ccc(C(F)(F)F)cn2)C(=O)c2ccc(C3CC3C3=C(Cc4ccc(C(F)(F)F)cn4)C(=O)c4ccccc4C3=O)cc2C1=O. The summed E-state index contributed by atoms with van der Waals surface area (Å²) in [4.78, 5) is 63.0. The Labute approximate surface area is 286 Å². The van der Waals surface area contributed by atoms with Crippen LogP contribution in [0.2, 0.25) is 0 Å². The third-order valence-corrected chi connectivity index (χ3v) is 9.67. The second-order valence-electron chi connectivity index (χ2n) is 12.7. The Hall–Kier alpha value is -5.52. The minimum Gasteiger partial charge on any atom is -0.289 e. The highest BCUT2D eigenvalue weighted by Gasteiger charge is 2.48. The van der Waals surface area contributed by atoms with Gasteiger partial charge in [-0.2, -0.15) is 26.3 Å². The molecule has 4 aromatic rings. The van der Waals surface area contributed by atoms with E-state index in [-0.39, 0.29) is 92.7 Å².